The van der Waals surface area contributed by atoms with Gasteiger partial charge in [-0.15, -0.1) is 0 Å². The molecule has 0 unspecified atom stereocenters. The SMILES string of the molecule is CC(C(=O)O)=C(C)C(=O)NC(=O)Nc1ccc(C)c(C)c1. The zero-order valence-corrected chi connectivity index (χ0v) is 12.4. The van der Waals surface area contributed by atoms with Gasteiger partial charge in [-0.1, -0.05) is 6.07 Å². The number of hydrogen-bond acceptors (Lipinski definition) is 3. The van der Waals surface area contributed by atoms with Crippen LogP contribution in [0.3, 0.4) is 0 Å². The second kappa shape index (κ2) is 6.69. The number of rotatable bonds is 3. The van der Waals surface area contributed by atoms with E-state index in [0.717, 1.165) is 11.1 Å². The van der Waals surface area contributed by atoms with Crippen molar-refractivity contribution in [2.24, 2.45) is 0 Å². The first kappa shape index (κ1) is 16.4. The number of hydrogen-bond donors (Lipinski definition) is 3. The zero-order chi connectivity index (χ0) is 16.2. The first-order chi connectivity index (χ1) is 9.72. The number of urea groups is 1. The van der Waals surface area contributed by atoms with Crippen molar-refractivity contribution in [2.75, 3.05) is 5.32 Å². The molecule has 0 fully saturated rings. The van der Waals surface area contributed by atoms with Gasteiger partial charge in [-0.3, -0.25) is 10.1 Å². The predicted octanol–water partition coefficient (Wildman–Crippen LogP) is 2.37. The lowest BCUT2D eigenvalue weighted by atomic mass is 10.1. The van der Waals surface area contributed by atoms with E-state index in [1.807, 2.05) is 19.9 Å². The molecular formula is C15H18N2O4. The van der Waals surface area contributed by atoms with Crippen LogP contribution in [0.15, 0.2) is 29.3 Å². The number of benzene rings is 1. The van der Waals surface area contributed by atoms with Gasteiger partial charge >= 0.3 is 12.0 Å². The van der Waals surface area contributed by atoms with Crippen molar-refractivity contribution in [3.05, 3.63) is 40.5 Å². The standard InChI is InChI=1S/C15H18N2O4/c1-8-5-6-12(7-9(8)2)16-15(21)17-13(18)10(3)11(4)14(19)20/h5-7H,1-4H3,(H,19,20)(H2,16,17,18,21). The fourth-order valence-corrected chi connectivity index (χ4v) is 1.51. The van der Waals surface area contributed by atoms with E-state index in [2.05, 4.69) is 10.6 Å². The molecule has 0 spiro atoms. The van der Waals surface area contributed by atoms with Crippen molar-refractivity contribution in [1.29, 1.82) is 0 Å². The molecule has 21 heavy (non-hydrogen) atoms. The quantitative estimate of drug-likeness (QED) is 0.745. The van der Waals surface area contributed by atoms with Crippen LogP contribution in [-0.4, -0.2) is 23.0 Å². The maximum Gasteiger partial charge on any atom is 0.331 e. The number of nitrogens with one attached hydrogen (secondary N) is 2. The minimum Gasteiger partial charge on any atom is -0.478 e. The number of carboxylic acid groups (broad SMARTS) is 1. The molecule has 3 N–H and O–H groups in total. The number of aryl methyl sites for hydroxylation is 2. The molecule has 1 rings (SSSR count). The largest absolute Gasteiger partial charge is 0.478 e. The Bertz CT molecular complexity index is 633. The maximum absolute atomic E-state index is 11.7. The summed E-state index contributed by atoms with van der Waals surface area (Å²) in [5.41, 5.74) is 2.54. The molecule has 0 saturated heterocycles. The Hall–Kier alpha value is -2.63. The highest BCUT2D eigenvalue weighted by Gasteiger charge is 2.15. The Kier molecular flexibility index (Phi) is 5.24. The molecule has 0 aromatic heterocycles. The van der Waals surface area contributed by atoms with Crippen LogP contribution in [0.5, 0.6) is 0 Å². The summed E-state index contributed by atoms with van der Waals surface area (Å²) in [6.07, 6.45) is 0. The topological polar surface area (TPSA) is 95.5 Å². The van der Waals surface area contributed by atoms with Crippen LogP contribution in [0.4, 0.5) is 10.5 Å². The van der Waals surface area contributed by atoms with Gasteiger partial charge in [0.15, 0.2) is 0 Å². The number of amides is 3. The molecule has 0 saturated carbocycles. The first-order valence-electron chi connectivity index (χ1n) is 6.32. The van der Waals surface area contributed by atoms with E-state index in [9.17, 15) is 14.4 Å². The van der Waals surface area contributed by atoms with Crippen LogP contribution in [0.25, 0.3) is 0 Å². The molecule has 0 bridgehead atoms. The normalized spacial score (nSPS) is 11.4. The molecule has 3 amide bonds. The van der Waals surface area contributed by atoms with Crippen LogP contribution >= 0.6 is 0 Å². The summed E-state index contributed by atoms with van der Waals surface area (Å²) in [7, 11) is 0. The predicted molar refractivity (Wildman–Crippen MR) is 79.1 cm³/mol. The highest BCUT2D eigenvalue weighted by molar-refractivity contribution is 6.10. The fourth-order valence-electron chi connectivity index (χ4n) is 1.51. The van der Waals surface area contributed by atoms with Gasteiger partial charge in [0.05, 0.1) is 0 Å². The smallest absolute Gasteiger partial charge is 0.331 e. The summed E-state index contributed by atoms with van der Waals surface area (Å²) in [6.45, 7) is 6.51. The van der Waals surface area contributed by atoms with Crippen molar-refractivity contribution in [1.82, 2.24) is 5.32 Å². The van der Waals surface area contributed by atoms with E-state index in [0.29, 0.717) is 5.69 Å². The number of anilines is 1. The third kappa shape index (κ3) is 4.45. The molecule has 0 radical (unpaired) electrons. The lowest BCUT2D eigenvalue weighted by Crippen LogP contribution is -2.35. The Morgan fingerprint density at radius 2 is 1.62 bits per heavy atom. The van der Waals surface area contributed by atoms with E-state index >= 15 is 0 Å². The van der Waals surface area contributed by atoms with Gasteiger partial charge in [0.2, 0.25) is 0 Å². The molecule has 1 aromatic carbocycles. The molecule has 1 aromatic rings. The van der Waals surface area contributed by atoms with Gasteiger partial charge < -0.3 is 10.4 Å². The van der Waals surface area contributed by atoms with Gasteiger partial charge in [0.1, 0.15) is 0 Å². The second-order valence-corrected chi connectivity index (χ2v) is 4.76. The molecule has 112 valence electrons. The van der Waals surface area contributed by atoms with Crippen molar-refractivity contribution in [2.45, 2.75) is 27.7 Å². The van der Waals surface area contributed by atoms with E-state index in [1.165, 1.54) is 13.8 Å². The molecule has 0 heterocycles. The Labute approximate surface area is 122 Å². The summed E-state index contributed by atoms with van der Waals surface area (Å²) in [6, 6.07) is 4.65. The second-order valence-electron chi connectivity index (χ2n) is 4.76. The summed E-state index contributed by atoms with van der Waals surface area (Å²) in [4.78, 5) is 34.2. The van der Waals surface area contributed by atoms with Gasteiger partial charge in [-0.2, -0.15) is 0 Å². The summed E-state index contributed by atoms with van der Waals surface area (Å²) >= 11 is 0. The van der Waals surface area contributed by atoms with Gasteiger partial charge in [-0.05, 0) is 51.0 Å². The zero-order valence-electron chi connectivity index (χ0n) is 12.4. The van der Waals surface area contributed by atoms with E-state index in [4.69, 9.17) is 5.11 Å². The monoisotopic (exact) mass is 290 g/mol. The lowest BCUT2D eigenvalue weighted by molar-refractivity contribution is -0.133. The number of carbonyl (C=O) groups excluding carboxylic acids is 2. The molecule has 6 heteroatoms. The van der Waals surface area contributed by atoms with Crippen molar-refractivity contribution >= 4 is 23.6 Å². The Balaban J connectivity index is 2.74. The van der Waals surface area contributed by atoms with Gasteiger partial charge in [-0.25, -0.2) is 9.59 Å². The number of aliphatic carboxylic acids is 1. The summed E-state index contributed by atoms with van der Waals surface area (Å²) in [5, 5.41) is 13.4. The summed E-state index contributed by atoms with van der Waals surface area (Å²) < 4.78 is 0. The molecule has 0 atom stereocenters. The van der Waals surface area contributed by atoms with Crippen molar-refractivity contribution < 1.29 is 19.5 Å². The number of carboxylic acids is 1. The molecule has 6 nitrogen and oxygen atoms in total. The maximum atomic E-state index is 11.7. The molecular weight excluding hydrogens is 272 g/mol. The van der Waals surface area contributed by atoms with Crippen LogP contribution < -0.4 is 10.6 Å². The van der Waals surface area contributed by atoms with Crippen LogP contribution in [0, 0.1) is 13.8 Å². The van der Waals surface area contributed by atoms with E-state index in [-0.39, 0.29) is 11.1 Å². The number of carbonyl (C=O) groups is 3. The van der Waals surface area contributed by atoms with Crippen molar-refractivity contribution in [3.8, 4) is 0 Å². The fraction of sp³-hybridized carbons (Fsp3) is 0.267. The average Bonchev–Trinajstić information content (AvgIpc) is 2.40. The molecule has 0 aliphatic carbocycles. The highest BCUT2D eigenvalue weighted by atomic mass is 16.4. The Morgan fingerprint density at radius 1 is 1.00 bits per heavy atom. The van der Waals surface area contributed by atoms with E-state index in [1.54, 1.807) is 12.1 Å². The van der Waals surface area contributed by atoms with Gasteiger partial charge in [0.25, 0.3) is 5.91 Å². The van der Waals surface area contributed by atoms with Crippen molar-refractivity contribution in [3.63, 3.8) is 0 Å². The Morgan fingerprint density at radius 3 is 2.14 bits per heavy atom. The third-order valence-electron chi connectivity index (χ3n) is 3.22. The third-order valence-corrected chi connectivity index (χ3v) is 3.22. The lowest BCUT2D eigenvalue weighted by Gasteiger charge is -2.09. The van der Waals surface area contributed by atoms with Crippen LogP contribution in [0.2, 0.25) is 0 Å². The average molecular weight is 290 g/mol. The summed E-state index contributed by atoms with van der Waals surface area (Å²) in [5.74, 6) is -1.94. The minimum absolute atomic E-state index is 0.0160. The first-order valence-corrected chi connectivity index (χ1v) is 6.32. The van der Waals surface area contributed by atoms with Crippen LogP contribution in [-0.2, 0) is 9.59 Å². The minimum atomic E-state index is -1.20. The molecule has 0 aliphatic heterocycles. The number of imide groups is 1. The van der Waals surface area contributed by atoms with Gasteiger partial charge in [0, 0.05) is 16.8 Å². The van der Waals surface area contributed by atoms with E-state index < -0.39 is 17.9 Å². The highest BCUT2D eigenvalue weighted by Crippen LogP contribution is 2.14. The molecule has 0 aliphatic rings. The van der Waals surface area contributed by atoms with Crippen LogP contribution in [0.1, 0.15) is 25.0 Å².